The Balaban J connectivity index is 1.53. The van der Waals surface area contributed by atoms with Crippen LogP contribution in [-0.2, 0) is 9.84 Å². The van der Waals surface area contributed by atoms with Crippen LogP contribution in [0.3, 0.4) is 0 Å². The van der Waals surface area contributed by atoms with Crippen LogP contribution in [0.2, 0.25) is 5.04 Å². The maximum atomic E-state index is 9.82. The van der Waals surface area contributed by atoms with Crippen LogP contribution in [0, 0.1) is 0 Å². The molecule has 0 fully saturated rings. The Bertz CT molecular complexity index is 1040. The SMILES string of the molecule is CC(C)(C)[Si](OCCSc1ccc2c(c1)NCC2(CO)CO)(c1ccccc1)c1ccccc1. The first kappa shape index (κ1) is 25.0. The topological polar surface area (TPSA) is 61.7 Å². The predicted octanol–water partition coefficient (Wildman–Crippen LogP) is 4.00. The van der Waals surface area contributed by atoms with Crippen LogP contribution < -0.4 is 15.7 Å². The third-order valence-electron chi connectivity index (χ3n) is 6.87. The van der Waals surface area contributed by atoms with E-state index in [0.717, 1.165) is 21.9 Å². The number of nitrogens with one attached hydrogen (secondary N) is 1. The minimum absolute atomic E-state index is 0.0320. The van der Waals surface area contributed by atoms with E-state index in [-0.39, 0.29) is 18.3 Å². The van der Waals surface area contributed by atoms with Crippen LogP contribution in [0.1, 0.15) is 26.3 Å². The van der Waals surface area contributed by atoms with E-state index in [1.54, 1.807) is 11.8 Å². The number of rotatable bonds is 9. The molecule has 0 saturated heterocycles. The molecule has 0 bridgehead atoms. The Morgan fingerprint density at radius 3 is 2.03 bits per heavy atom. The quantitative estimate of drug-likeness (QED) is 0.239. The van der Waals surface area contributed by atoms with Gasteiger partial charge in [0.15, 0.2) is 0 Å². The van der Waals surface area contributed by atoms with Gasteiger partial charge in [0.05, 0.1) is 18.6 Å². The number of aliphatic hydroxyl groups excluding tert-OH is 2. The first-order valence-electron chi connectivity index (χ1n) is 11.8. The molecular weight excluding hydrogens is 458 g/mol. The molecule has 0 aliphatic carbocycles. The molecular formula is C28H35NO3SSi. The first-order valence-corrected chi connectivity index (χ1v) is 14.7. The van der Waals surface area contributed by atoms with Gasteiger partial charge in [0.2, 0.25) is 0 Å². The number of thioether (sulfide) groups is 1. The minimum atomic E-state index is -2.51. The van der Waals surface area contributed by atoms with Gasteiger partial charge in [-0.3, -0.25) is 0 Å². The molecule has 0 spiro atoms. The number of hydrogen-bond donors (Lipinski definition) is 3. The highest BCUT2D eigenvalue weighted by molar-refractivity contribution is 7.99. The second-order valence-corrected chi connectivity index (χ2v) is 15.5. The van der Waals surface area contributed by atoms with Crippen LogP contribution in [0.25, 0.3) is 0 Å². The number of aliphatic hydroxyl groups is 2. The maximum Gasteiger partial charge on any atom is 0.261 e. The molecule has 1 aliphatic rings. The smallest absolute Gasteiger partial charge is 0.261 e. The van der Waals surface area contributed by atoms with Crippen molar-refractivity contribution >= 4 is 36.1 Å². The van der Waals surface area contributed by atoms with Gasteiger partial charge in [0, 0.05) is 29.5 Å². The second-order valence-electron chi connectivity index (χ2n) is 10.0. The van der Waals surface area contributed by atoms with Crippen LogP contribution in [0.5, 0.6) is 0 Å². The molecule has 3 aromatic rings. The van der Waals surface area contributed by atoms with Gasteiger partial charge in [-0.05, 0) is 33.1 Å². The highest BCUT2D eigenvalue weighted by Gasteiger charge is 2.50. The van der Waals surface area contributed by atoms with Crippen molar-refractivity contribution in [3.8, 4) is 0 Å². The van der Waals surface area contributed by atoms with Crippen molar-refractivity contribution in [3.05, 3.63) is 84.4 Å². The molecule has 0 radical (unpaired) electrons. The van der Waals surface area contributed by atoms with Crippen molar-refractivity contribution in [3.63, 3.8) is 0 Å². The summed E-state index contributed by atoms with van der Waals surface area (Å²) in [5.41, 5.74) is 1.40. The summed E-state index contributed by atoms with van der Waals surface area (Å²) in [6.07, 6.45) is 0. The van der Waals surface area contributed by atoms with Gasteiger partial charge in [-0.2, -0.15) is 0 Å². The molecule has 1 aliphatic heterocycles. The van der Waals surface area contributed by atoms with Gasteiger partial charge in [0.25, 0.3) is 8.32 Å². The van der Waals surface area contributed by atoms with E-state index in [4.69, 9.17) is 4.43 Å². The van der Waals surface area contributed by atoms with Gasteiger partial charge in [-0.1, -0.05) is 87.5 Å². The Kier molecular flexibility index (Phi) is 7.55. The molecule has 0 aromatic heterocycles. The fourth-order valence-corrected chi connectivity index (χ4v) is 10.5. The molecule has 1 heterocycles. The van der Waals surface area contributed by atoms with Gasteiger partial charge in [-0.25, -0.2) is 0 Å². The number of anilines is 1. The fraction of sp³-hybridized carbons (Fsp3) is 0.357. The molecule has 3 aromatic carbocycles. The van der Waals surface area contributed by atoms with Crippen molar-refractivity contribution < 1.29 is 14.6 Å². The Morgan fingerprint density at radius 2 is 1.50 bits per heavy atom. The van der Waals surface area contributed by atoms with Crippen molar-refractivity contribution in [2.75, 3.05) is 37.4 Å². The molecule has 0 atom stereocenters. The van der Waals surface area contributed by atoms with Gasteiger partial charge < -0.3 is 20.0 Å². The number of fused-ring (bicyclic) bond motifs is 1. The van der Waals surface area contributed by atoms with E-state index in [1.165, 1.54) is 10.4 Å². The lowest BCUT2D eigenvalue weighted by Gasteiger charge is -2.43. The van der Waals surface area contributed by atoms with Crippen LogP contribution in [-0.4, -0.2) is 50.6 Å². The van der Waals surface area contributed by atoms with Crippen LogP contribution in [0.15, 0.2) is 83.8 Å². The average molecular weight is 494 g/mol. The Labute approximate surface area is 208 Å². The summed E-state index contributed by atoms with van der Waals surface area (Å²) in [5.74, 6) is 0.842. The molecule has 0 amide bonds. The Morgan fingerprint density at radius 1 is 0.912 bits per heavy atom. The van der Waals surface area contributed by atoms with Crippen molar-refractivity contribution in [2.24, 2.45) is 0 Å². The lowest BCUT2D eigenvalue weighted by Crippen LogP contribution is -2.66. The van der Waals surface area contributed by atoms with E-state index in [2.05, 4.69) is 98.9 Å². The zero-order valence-corrected chi connectivity index (χ0v) is 22.1. The highest BCUT2D eigenvalue weighted by atomic mass is 32.2. The summed E-state index contributed by atoms with van der Waals surface area (Å²) < 4.78 is 6.98. The first-order chi connectivity index (χ1) is 16.4. The zero-order chi connectivity index (χ0) is 24.2. The summed E-state index contributed by atoms with van der Waals surface area (Å²) in [6, 6.07) is 27.7. The van der Waals surface area contributed by atoms with Crippen molar-refractivity contribution in [1.82, 2.24) is 0 Å². The van der Waals surface area contributed by atoms with Gasteiger partial charge >= 0.3 is 0 Å². The Hall–Kier alpha value is -2.09. The molecule has 6 heteroatoms. The van der Waals surface area contributed by atoms with Gasteiger partial charge in [0.1, 0.15) is 0 Å². The normalized spacial score (nSPS) is 15.1. The monoisotopic (exact) mass is 493 g/mol. The lowest BCUT2D eigenvalue weighted by atomic mass is 9.84. The summed E-state index contributed by atoms with van der Waals surface area (Å²) in [4.78, 5) is 1.16. The molecule has 180 valence electrons. The van der Waals surface area contributed by atoms with E-state index in [0.29, 0.717) is 13.2 Å². The third-order valence-corrected chi connectivity index (χ3v) is 12.9. The van der Waals surface area contributed by atoms with Crippen LogP contribution in [0.4, 0.5) is 5.69 Å². The molecule has 0 unspecified atom stereocenters. The fourth-order valence-electron chi connectivity index (χ4n) is 5.03. The van der Waals surface area contributed by atoms with E-state index in [9.17, 15) is 10.2 Å². The van der Waals surface area contributed by atoms with Crippen molar-refractivity contribution in [2.45, 2.75) is 36.1 Å². The predicted molar refractivity (Wildman–Crippen MR) is 145 cm³/mol. The van der Waals surface area contributed by atoms with E-state index < -0.39 is 13.7 Å². The minimum Gasteiger partial charge on any atom is -0.407 e. The summed E-state index contributed by atoms with van der Waals surface area (Å²) in [5, 5.41) is 25.5. The summed E-state index contributed by atoms with van der Waals surface area (Å²) in [6.45, 7) is 7.97. The summed E-state index contributed by atoms with van der Waals surface area (Å²) in [7, 11) is -2.51. The third kappa shape index (κ3) is 4.58. The largest absolute Gasteiger partial charge is 0.407 e. The standard InChI is InChI=1S/C28H35NO3SSi/c1-27(2,3)34(23-10-6-4-7-11-23,24-12-8-5-9-13-24)32-16-17-33-22-14-15-25-26(18-22)29-19-28(25,20-30)21-31/h4-15,18,29-31H,16-17,19-21H2,1-3H3. The number of hydrogen-bond acceptors (Lipinski definition) is 5. The molecule has 3 N–H and O–H groups in total. The lowest BCUT2D eigenvalue weighted by molar-refractivity contribution is 0.130. The maximum absolute atomic E-state index is 9.82. The van der Waals surface area contributed by atoms with Crippen LogP contribution >= 0.6 is 11.8 Å². The molecule has 34 heavy (non-hydrogen) atoms. The van der Waals surface area contributed by atoms with E-state index >= 15 is 0 Å². The molecule has 4 nitrogen and oxygen atoms in total. The highest BCUT2D eigenvalue weighted by Crippen LogP contribution is 2.39. The second kappa shape index (κ2) is 10.3. The van der Waals surface area contributed by atoms with Gasteiger partial charge in [-0.15, -0.1) is 11.8 Å². The van der Waals surface area contributed by atoms with Crippen molar-refractivity contribution in [1.29, 1.82) is 0 Å². The summed E-state index contributed by atoms with van der Waals surface area (Å²) >= 11 is 1.78. The van der Waals surface area contributed by atoms with E-state index in [1.807, 2.05) is 6.07 Å². The average Bonchev–Trinajstić information content (AvgIpc) is 3.23. The zero-order valence-electron chi connectivity index (χ0n) is 20.3. The molecule has 0 saturated carbocycles. The molecule has 4 rings (SSSR count). The number of benzene rings is 3.